The van der Waals surface area contributed by atoms with E-state index in [2.05, 4.69) is 20.9 Å². The minimum absolute atomic E-state index is 0.255. The second kappa shape index (κ2) is 7.54. The minimum Gasteiger partial charge on any atom is -0.372 e. The molecule has 3 aliphatic rings. The normalized spacial score (nSPS) is 30.4. The van der Waals surface area contributed by atoms with Crippen LogP contribution < -0.4 is 20.9 Å². The fourth-order valence-corrected chi connectivity index (χ4v) is 4.56. The molecule has 2 amide bonds. The van der Waals surface area contributed by atoms with Gasteiger partial charge in [0.05, 0.1) is 11.5 Å². The average Bonchev–Trinajstić information content (AvgIpc) is 2.70. The molecular formula is C21H28N4O3. The van der Waals surface area contributed by atoms with Gasteiger partial charge in [-0.1, -0.05) is 6.92 Å². The van der Waals surface area contributed by atoms with Crippen LogP contribution in [0.15, 0.2) is 24.3 Å². The summed E-state index contributed by atoms with van der Waals surface area (Å²) < 4.78 is 0. The Morgan fingerprint density at radius 1 is 1.14 bits per heavy atom. The molecule has 0 saturated carbocycles. The van der Waals surface area contributed by atoms with Crippen molar-refractivity contribution >= 4 is 29.0 Å². The number of carbonyl (C=O) groups excluding carboxylic acids is 3. The molecule has 3 heterocycles. The van der Waals surface area contributed by atoms with Crippen LogP contribution in [0.5, 0.6) is 0 Å². The van der Waals surface area contributed by atoms with E-state index in [9.17, 15) is 14.4 Å². The first kappa shape index (κ1) is 18.9. The number of nitrogens with one attached hydrogen (secondary N) is 3. The van der Waals surface area contributed by atoms with Crippen LogP contribution in [0.4, 0.5) is 11.4 Å². The Morgan fingerprint density at radius 3 is 2.57 bits per heavy atom. The number of nitrogens with zero attached hydrogens (tertiary/aromatic N) is 1. The SMILES string of the molecule is C[C@@]12CCNC[C@H]1NC(=O)C(C(=O)Nc1ccc(N3CCCCC3)cc1)C2=O. The van der Waals surface area contributed by atoms with E-state index in [1.54, 1.807) is 0 Å². The van der Waals surface area contributed by atoms with Crippen LogP contribution in [0.3, 0.4) is 0 Å². The third-order valence-electron chi connectivity index (χ3n) is 6.46. The van der Waals surface area contributed by atoms with Gasteiger partial charge in [-0.15, -0.1) is 0 Å². The highest BCUT2D eigenvalue weighted by Gasteiger charge is 2.54. The molecule has 0 aromatic heterocycles. The molecule has 3 atom stereocenters. The summed E-state index contributed by atoms with van der Waals surface area (Å²) in [6.45, 7) is 5.23. The largest absolute Gasteiger partial charge is 0.372 e. The molecule has 3 N–H and O–H groups in total. The molecular weight excluding hydrogens is 356 g/mol. The van der Waals surface area contributed by atoms with Crippen molar-refractivity contribution in [2.24, 2.45) is 11.3 Å². The van der Waals surface area contributed by atoms with Gasteiger partial charge in [0.25, 0.3) is 0 Å². The van der Waals surface area contributed by atoms with Gasteiger partial charge in [0.15, 0.2) is 11.7 Å². The number of carbonyl (C=O) groups is 3. The summed E-state index contributed by atoms with van der Waals surface area (Å²) in [4.78, 5) is 40.6. The van der Waals surface area contributed by atoms with Gasteiger partial charge in [0, 0.05) is 31.0 Å². The van der Waals surface area contributed by atoms with Crippen molar-refractivity contribution in [3.8, 4) is 0 Å². The highest BCUT2D eigenvalue weighted by atomic mass is 16.2. The number of amides is 2. The Labute approximate surface area is 165 Å². The van der Waals surface area contributed by atoms with E-state index < -0.39 is 23.1 Å². The first-order chi connectivity index (χ1) is 13.5. The Balaban J connectivity index is 1.45. The molecule has 1 aromatic carbocycles. The monoisotopic (exact) mass is 384 g/mol. The molecule has 7 heteroatoms. The van der Waals surface area contributed by atoms with E-state index >= 15 is 0 Å². The highest BCUT2D eigenvalue weighted by Crippen LogP contribution is 2.36. The second-order valence-electron chi connectivity index (χ2n) is 8.31. The summed E-state index contributed by atoms with van der Waals surface area (Å²) >= 11 is 0. The van der Waals surface area contributed by atoms with Crippen molar-refractivity contribution in [1.29, 1.82) is 0 Å². The maximum Gasteiger partial charge on any atom is 0.244 e. The van der Waals surface area contributed by atoms with E-state index in [-0.39, 0.29) is 11.8 Å². The first-order valence-corrected chi connectivity index (χ1v) is 10.2. The van der Waals surface area contributed by atoms with Gasteiger partial charge in [-0.05, 0) is 56.5 Å². The van der Waals surface area contributed by atoms with Crippen molar-refractivity contribution in [2.75, 3.05) is 36.4 Å². The third kappa shape index (κ3) is 3.39. The van der Waals surface area contributed by atoms with Crippen molar-refractivity contribution in [3.05, 3.63) is 24.3 Å². The number of piperidine rings is 3. The first-order valence-electron chi connectivity index (χ1n) is 10.2. The minimum atomic E-state index is -1.29. The molecule has 1 unspecified atom stereocenters. The fraction of sp³-hybridized carbons (Fsp3) is 0.571. The van der Waals surface area contributed by atoms with E-state index in [0.717, 1.165) is 18.8 Å². The molecule has 0 aliphatic carbocycles. The number of hydrogen-bond acceptors (Lipinski definition) is 5. The van der Waals surface area contributed by atoms with Gasteiger partial charge in [-0.2, -0.15) is 0 Å². The summed E-state index contributed by atoms with van der Waals surface area (Å²) in [6.07, 6.45) is 4.29. The van der Waals surface area contributed by atoms with Crippen molar-refractivity contribution in [2.45, 2.75) is 38.6 Å². The number of ketones is 1. The summed E-state index contributed by atoms with van der Waals surface area (Å²) in [5, 5.41) is 8.82. The Kier molecular flexibility index (Phi) is 5.10. The molecule has 150 valence electrons. The molecule has 3 saturated heterocycles. The van der Waals surface area contributed by atoms with Crippen molar-refractivity contribution in [1.82, 2.24) is 10.6 Å². The third-order valence-corrected chi connectivity index (χ3v) is 6.46. The van der Waals surface area contributed by atoms with Gasteiger partial charge in [0.1, 0.15) is 0 Å². The topological polar surface area (TPSA) is 90.5 Å². The van der Waals surface area contributed by atoms with Crippen LogP contribution in [0, 0.1) is 11.3 Å². The lowest BCUT2D eigenvalue weighted by molar-refractivity contribution is -0.152. The van der Waals surface area contributed by atoms with Crippen LogP contribution in [-0.2, 0) is 14.4 Å². The Bertz CT molecular complexity index is 772. The summed E-state index contributed by atoms with van der Waals surface area (Å²) in [6, 6.07) is 7.38. The van der Waals surface area contributed by atoms with Gasteiger partial charge in [-0.25, -0.2) is 0 Å². The Morgan fingerprint density at radius 2 is 1.86 bits per heavy atom. The molecule has 3 aliphatic heterocycles. The van der Waals surface area contributed by atoms with Crippen LogP contribution >= 0.6 is 0 Å². The van der Waals surface area contributed by atoms with E-state index in [0.29, 0.717) is 25.2 Å². The molecule has 3 fully saturated rings. The lowest BCUT2D eigenvalue weighted by atomic mass is 9.67. The molecule has 1 aromatic rings. The highest BCUT2D eigenvalue weighted by molar-refractivity contribution is 6.24. The van der Waals surface area contributed by atoms with Crippen molar-refractivity contribution in [3.63, 3.8) is 0 Å². The van der Waals surface area contributed by atoms with Gasteiger partial charge < -0.3 is 20.9 Å². The van der Waals surface area contributed by atoms with E-state index in [1.807, 2.05) is 31.2 Å². The quantitative estimate of drug-likeness (QED) is 0.684. The number of benzene rings is 1. The zero-order valence-corrected chi connectivity index (χ0v) is 16.3. The molecule has 28 heavy (non-hydrogen) atoms. The maximum absolute atomic E-state index is 13.0. The van der Waals surface area contributed by atoms with Crippen molar-refractivity contribution < 1.29 is 14.4 Å². The number of rotatable bonds is 3. The molecule has 7 nitrogen and oxygen atoms in total. The standard InChI is InChI=1S/C21H28N4O3/c1-21-9-10-22-13-16(21)24-20(28)17(18(21)26)19(27)23-14-5-7-15(8-6-14)25-11-3-2-4-12-25/h5-8,16-17,22H,2-4,9-13H2,1H3,(H,23,27)(H,24,28)/t16-,17?,21-/m1/s1. The zero-order valence-electron chi connectivity index (χ0n) is 16.3. The summed E-state index contributed by atoms with van der Waals surface area (Å²) in [5.41, 5.74) is 1.04. The number of anilines is 2. The molecule has 0 spiro atoms. The van der Waals surface area contributed by atoms with Crippen LogP contribution in [0.1, 0.15) is 32.6 Å². The Hall–Kier alpha value is -2.41. The van der Waals surface area contributed by atoms with E-state index in [4.69, 9.17) is 0 Å². The smallest absolute Gasteiger partial charge is 0.244 e. The second-order valence-corrected chi connectivity index (χ2v) is 8.31. The zero-order chi connectivity index (χ0) is 19.7. The van der Waals surface area contributed by atoms with Gasteiger partial charge in [0.2, 0.25) is 11.8 Å². The number of hydrogen-bond donors (Lipinski definition) is 3. The predicted molar refractivity (Wildman–Crippen MR) is 107 cm³/mol. The maximum atomic E-state index is 13.0. The number of Topliss-reactive ketones (excluding diaryl/α,β-unsaturated/α-hetero) is 1. The fourth-order valence-electron chi connectivity index (χ4n) is 4.56. The average molecular weight is 384 g/mol. The summed E-state index contributed by atoms with van der Waals surface area (Å²) in [5.74, 6) is -2.61. The van der Waals surface area contributed by atoms with Crippen LogP contribution in [0.25, 0.3) is 0 Å². The van der Waals surface area contributed by atoms with Gasteiger partial charge in [-0.3, -0.25) is 14.4 Å². The van der Waals surface area contributed by atoms with E-state index in [1.165, 1.54) is 19.3 Å². The molecule has 0 bridgehead atoms. The van der Waals surface area contributed by atoms with Gasteiger partial charge >= 0.3 is 0 Å². The van der Waals surface area contributed by atoms with Crippen LogP contribution in [0.2, 0.25) is 0 Å². The number of fused-ring (bicyclic) bond motifs is 1. The summed E-state index contributed by atoms with van der Waals surface area (Å²) in [7, 11) is 0. The molecule has 0 radical (unpaired) electrons. The van der Waals surface area contributed by atoms with Crippen LogP contribution in [-0.4, -0.2) is 49.8 Å². The molecule has 4 rings (SSSR count). The lowest BCUT2D eigenvalue weighted by Crippen LogP contribution is -2.68. The predicted octanol–water partition coefficient (Wildman–Crippen LogP) is 1.30. The lowest BCUT2D eigenvalue weighted by Gasteiger charge is -2.45.